The van der Waals surface area contributed by atoms with Crippen LogP contribution < -0.4 is 5.32 Å². The van der Waals surface area contributed by atoms with Crippen molar-refractivity contribution in [3.8, 4) is 0 Å². The fourth-order valence-electron chi connectivity index (χ4n) is 2.03. The molecule has 0 bridgehead atoms. The van der Waals surface area contributed by atoms with Crippen molar-refractivity contribution >= 4 is 23.6 Å². The third-order valence-electron chi connectivity index (χ3n) is 3.09. The van der Waals surface area contributed by atoms with Crippen molar-refractivity contribution in [2.24, 2.45) is 0 Å². The average Bonchev–Trinajstić information content (AvgIpc) is 2.38. The van der Waals surface area contributed by atoms with E-state index in [-0.39, 0.29) is 17.6 Å². The SMILES string of the molecule is O=C(O)CCCCCCNC(=O)C1CCCCS1. The van der Waals surface area contributed by atoms with Crippen LogP contribution in [0.4, 0.5) is 0 Å². The van der Waals surface area contributed by atoms with E-state index < -0.39 is 5.97 Å². The van der Waals surface area contributed by atoms with Gasteiger partial charge in [0.15, 0.2) is 0 Å². The van der Waals surface area contributed by atoms with Gasteiger partial charge in [0.2, 0.25) is 5.91 Å². The second-order valence-electron chi connectivity index (χ2n) is 4.70. The molecule has 5 heteroatoms. The fourth-order valence-corrected chi connectivity index (χ4v) is 3.25. The summed E-state index contributed by atoms with van der Waals surface area (Å²) in [6, 6.07) is 0. The molecule has 1 unspecified atom stereocenters. The number of hydrogen-bond donors (Lipinski definition) is 2. The number of thioether (sulfide) groups is 1. The second kappa shape index (κ2) is 9.25. The predicted octanol–water partition coefficient (Wildman–Crippen LogP) is 2.42. The zero-order valence-corrected chi connectivity index (χ0v) is 11.6. The van der Waals surface area contributed by atoms with E-state index in [1.165, 1.54) is 12.8 Å². The lowest BCUT2D eigenvalue weighted by molar-refractivity contribution is -0.137. The van der Waals surface area contributed by atoms with Crippen LogP contribution in [0.5, 0.6) is 0 Å². The summed E-state index contributed by atoms with van der Waals surface area (Å²) in [4.78, 5) is 22.1. The van der Waals surface area contributed by atoms with E-state index in [9.17, 15) is 9.59 Å². The molecule has 4 nitrogen and oxygen atoms in total. The largest absolute Gasteiger partial charge is 0.481 e. The molecule has 1 atom stereocenters. The number of carboxylic acids is 1. The molecule has 18 heavy (non-hydrogen) atoms. The van der Waals surface area contributed by atoms with Gasteiger partial charge < -0.3 is 10.4 Å². The molecule has 1 aliphatic heterocycles. The maximum absolute atomic E-state index is 11.8. The maximum atomic E-state index is 11.8. The number of hydrogen-bond acceptors (Lipinski definition) is 3. The Morgan fingerprint density at radius 3 is 2.61 bits per heavy atom. The normalized spacial score (nSPS) is 19.4. The summed E-state index contributed by atoms with van der Waals surface area (Å²) in [5.74, 6) is 0.565. The second-order valence-corrected chi connectivity index (χ2v) is 6.01. The third-order valence-corrected chi connectivity index (χ3v) is 4.47. The van der Waals surface area contributed by atoms with Gasteiger partial charge in [0.1, 0.15) is 0 Å². The van der Waals surface area contributed by atoms with Crippen molar-refractivity contribution in [1.82, 2.24) is 5.32 Å². The van der Waals surface area contributed by atoms with Crippen LogP contribution in [-0.4, -0.2) is 34.5 Å². The summed E-state index contributed by atoms with van der Waals surface area (Å²) in [6.45, 7) is 0.725. The van der Waals surface area contributed by atoms with Crippen LogP contribution in [0.15, 0.2) is 0 Å². The van der Waals surface area contributed by atoms with Gasteiger partial charge in [-0.15, -0.1) is 11.8 Å². The Bertz CT molecular complexity index is 265. The average molecular weight is 273 g/mol. The van der Waals surface area contributed by atoms with Gasteiger partial charge in [0.05, 0.1) is 5.25 Å². The molecule has 1 amide bonds. The number of carbonyl (C=O) groups is 2. The lowest BCUT2D eigenvalue weighted by Crippen LogP contribution is -2.34. The van der Waals surface area contributed by atoms with E-state index in [4.69, 9.17) is 5.11 Å². The molecule has 2 N–H and O–H groups in total. The van der Waals surface area contributed by atoms with E-state index in [0.717, 1.165) is 44.4 Å². The monoisotopic (exact) mass is 273 g/mol. The Hall–Kier alpha value is -0.710. The molecular formula is C13H23NO3S. The van der Waals surface area contributed by atoms with Crippen LogP contribution in [0.3, 0.4) is 0 Å². The quantitative estimate of drug-likeness (QED) is 0.667. The lowest BCUT2D eigenvalue weighted by atomic mass is 10.1. The summed E-state index contributed by atoms with van der Waals surface area (Å²) >= 11 is 1.77. The van der Waals surface area contributed by atoms with Gasteiger partial charge in [0, 0.05) is 13.0 Å². The van der Waals surface area contributed by atoms with Crippen LogP contribution in [-0.2, 0) is 9.59 Å². The van der Waals surface area contributed by atoms with Crippen molar-refractivity contribution in [1.29, 1.82) is 0 Å². The van der Waals surface area contributed by atoms with E-state index in [1.54, 1.807) is 11.8 Å². The van der Waals surface area contributed by atoms with Crippen molar-refractivity contribution in [3.63, 3.8) is 0 Å². The van der Waals surface area contributed by atoms with Gasteiger partial charge in [-0.05, 0) is 31.4 Å². The predicted molar refractivity (Wildman–Crippen MR) is 73.8 cm³/mol. The minimum absolute atomic E-state index is 0.158. The smallest absolute Gasteiger partial charge is 0.303 e. The molecule has 1 rings (SSSR count). The van der Waals surface area contributed by atoms with Crippen LogP contribution in [0.2, 0.25) is 0 Å². The molecule has 0 saturated carbocycles. The summed E-state index contributed by atoms with van der Waals surface area (Å²) in [5, 5.41) is 11.6. The maximum Gasteiger partial charge on any atom is 0.303 e. The van der Waals surface area contributed by atoms with Crippen molar-refractivity contribution in [2.75, 3.05) is 12.3 Å². The van der Waals surface area contributed by atoms with E-state index in [1.807, 2.05) is 0 Å². The third kappa shape index (κ3) is 6.89. The van der Waals surface area contributed by atoms with Gasteiger partial charge in [-0.2, -0.15) is 0 Å². The van der Waals surface area contributed by atoms with Gasteiger partial charge >= 0.3 is 5.97 Å². The molecule has 0 radical (unpaired) electrons. The van der Waals surface area contributed by atoms with Crippen LogP contribution in [0.25, 0.3) is 0 Å². The van der Waals surface area contributed by atoms with E-state index >= 15 is 0 Å². The summed E-state index contributed by atoms with van der Waals surface area (Å²) < 4.78 is 0. The molecule has 1 saturated heterocycles. The number of rotatable bonds is 8. The molecule has 104 valence electrons. The van der Waals surface area contributed by atoms with Crippen molar-refractivity contribution < 1.29 is 14.7 Å². The first-order chi connectivity index (χ1) is 8.70. The number of unbranched alkanes of at least 4 members (excludes halogenated alkanes) is 3. The first-order valence-electron chi connectivity index (χ1n) is 6.81. The highest BCUT2D eigenvalue weighted by Crippen LogP contribution is 2.24. The highest BCUT2D eigenvalue weighted by Gasteiger charge is 2.20. The number of amides is 1. The minimum atomic E-state index is -0.724. The van der Waals surface area contributed by atoms with Gasteiger partial charge in [-0.3, -0.25) is 9.59 Å². The molecule has 1 aliphatic rings. The number of nitrogens with one attached hydrogen (secondary N) is 1. The number of aliphatic carboxylic acids is 1. The molecule has 0 aromatic carbocycles. The van der Waals surface area contributed by atoms with Crippen LogP contribution in [0.1, 0.15) is 51.4 Å². The molecule has 0 aliphatic carbocycles. The van der Waals surface area contributed by atoms with Crippen LogP contribution >= 0.6 is 11.8 Å². The summed E-state index contributed by atoms with van der Waals surface area (Å²) in [6.07, 6.45) is 7.27. The Kier molecular flexibility index (Phi) is 7.89. The van der Waals surface area contributed by atoms with Crippen molar-refractivity contribution in [2.45, 2.75) is 56.6 Å². The van der Waals surface area contributed by atoms with Gasteiger partial charge in [-0.1, -0.05) is 19.3 Å². The minimum Gasteiger partial charge on any atom is -0.481 e. The molecule has 1 fully saturated rings. The zero-order valence-electron chi connectivity index (χ0n) is 10.8. The molecule has 1 heterocycles. The first-order valence-corrected chi connectivity index (χ1v) is 7.86. The van der Waals surface area contributed by atoms with E-state index in [0.29, 0.717) is 0 Å². The highest BCUT2D eigenvalue weighted by molar-refractivity contribution is 8.00. The van der Waals surface area contributed by atoms with Crippen molar-refractivity contribution in [3.05, 3.63) is 0 Å². The number of carboxylic acid groups (broad SMARTS) is 1. The highest BCUT2D eigenvalue weighted by atomic mass is 32.2. The Balaban J connectivity index is 1.93. The Labute approximate surface area is 113 Å². The Morgan fingerprint density at radius 1 is 1.17 bits per heavy atom. The summed E-state index contributed by atoms with van der Waals surface area (Å²) in [7, 11) is 0. The topological polar surface area (TPSA) is 66.4 Å². The standard InChI is InChI=1S/C13H23NO3S/c15-12(16)8-3-1-2-5-9-14-13(17)11-7-4-6-10-18-11/h11H,1-10H2,(H,14,17)(H,15,16). The van der Waals surface area contributed by atoms with Crippen LogP contribution in [0, 0.1) is 0 Å². The first kappa shape index (κ1) is 15.3. The molecule has 0 spiro atoms. The van der Waals surface area contributed by atoms with E-state index in [2.05, 4.69) is 5.32 Å². The fraction of sp³-hybridized carbons (Fsp3) is 0.846. The lowest BCUT2D eigenvalue weighted by Gasteiger charge is -2.20. The van der Waals surface area contributed by atoms with Gasteiger partial charge in [0.25, 0.3) is 0 Å². The molecule has 0 aromatic rings. The summed E-state index contributed by atoms with van der Waals surface area (Å²) in [5.41, 5.74) is 0. The zero-order chi connectivity index (χ0) is 13.2. The Morgan fingerprint density at radius 2 is 1.94 bits per heavy atom. The number of carbonyl (C=O) groups excluding carboxylic acids is 1. The van der Waals surface area contributed by atoms with Gasteiger partial charge in [-0.25, -0.2) is 0 Å². The molecular weight excluding hydrogens is 250 g/mol. The molecule has 0 aromatic heterocycles.